The van der Waals surface area contributed by atoms with Gasteiger partial charge in [-0.25, -0.2) is 0 Å². The number of anilines is 2. The van der Waals surface area contributed by atoms with Crippen molar-refractivity contribution in [3.05, 3.63) is 24.3 Å². The van der Waals surface area contributed by atoms with Crippen LogP contribution in [0, 0.1) is 11.3 Å². The van der Waals surface area contributed by atoms with E-state index in [0.717, 1.165) is 5.69 Å². The van der Waals surface area contributed by atoms with Crippen LogP contribution >= 0.6 is 0 Å². The van der Waals surface area contributed by atoms with Crippen molar-refractivity contribution in [1.82, 2.24) is 0 Å². The highest BCUT2D eigenvalue weighted by atomic mass is 16.2. The molecular formula is C18H29N3O2. The van der Waals surface area contributed by atoms with E-state index in [1.165, 1.54) is 0 Å². The molecule has 1 aromatic rings. The van der Waals surface area contributed by atoms with Crippen molar-refractivity contribution in [2.75, 3.05) is 17.2 Å². The van der Waals surface area contributed by atoms with Gasteiger partial charge in [0.25, 0.3) is 0 Å². The molecule has 0 atom stereocenters. The van der Waals surface area contributed by atoms with Crippen LogP contribution in [-0.2, 0) is 9.59 Å². The van der Waals surface area contributed by atoms with Crippen LogP contribution in [0.15, 0.2) is 24.3 Å². The van der Waals surface area contributed by atoms with Crippen LogP contribution < -0.4 is 16.4 Å². The molecule has 0 spiro atoms. The second-order valence-electron chi connectivity index (χ2n) is 6.37. The molecule has 1 rings (SSSR count). The summed E-state index contributed by atoms with van der Waals surface area (Å²) in [6, 6.07) is 7.15. The molecule has 2 amide bonds. The summed E-state index contributed by atoms with van der Waals surface area (Å²) in [6.07, 6.45) is 1.90. The van der Waals surface area contributed by atoms with Crippen LogP contribution in [0.2, 0.25) is 0 Å². The average molecular weight is 319 g/mol. The number of nitrogens with one attached hydrogen (secondary N) is 2. The van der Waals surface area contributed by atoms with Crippen LogP contribution in [0.5, 0.6) is 0 Å². The van der Waals surface area contributed by atoms with E-state index in [1.54, 1.807) is 24.3 Å². The number of hydrogen-bond acceptors (Lipinski definition) is 3. The molecule has 0 fully saturated rings. The van der Waals surface area contributed by atoms with E-state index in [0.29, 0.717) is 37.4 Å². The number of amides is 2. The lowest BCUT2D eigenvalue weighted by molar-refractivity contribution is -0.125. The van der Waals surface area contributed by atoms with Crippen molar-refractivity contribution < 1.29 is 9.59 Å². The van der Waals surface area contributed by atoms with Gasteiger partial charge < -0.3 is 16.4 Å². The van der Waals surface area contributed by atoms with Crippen molar-refractivity contribution in [3.63, 3.8) is 0 Å². The molecule has 0 aliphatic rings. The molecule has 5 heteroatoms. The fourth-order valence-electron chi connectivity index (χ4n) is 2.44. The average Bonchev–Trinajstić information content (AvgIpc) is 2.51. The first-order chi connectivity index (χ1) is 10.9. The minimum Gasteiger partial charge on any atom is -0.329 e. The summed E-state index contributed by atoms with van der Waals surface area (Å²) >= 11 is 0. The van der Waals surface area contributed by atoms with Gasteiger partial charge in [-0.2, -0.15) is 0 Å². The predicted octanol–water partition coefficient (Wildman–Crippen LogP) is 3.37. The Morgan fingerprint density at radius 2 is 1.52 bits per heavy atom. The molecule has 1 aromatic carbocycles. The number of carbonyl (C=O) groups is 2. The fraction of sp³-hybridized carbons (Fsp3) is 0.556. The molecule has 0 heterocycles. The monoisotopic (exact) mass is 319 g/mol. The van der Waals surface area contributed by atoms with Gasteiger partial charge in [0.1, 0.15) is 0 Å². The van der Waals surface area contributed by atoms with E-state index >= 15 is 0 Å². The van der Waals surface area contributed by atoms with Crippen molar-refractivity contribution in [1.29, 1.82) is 0 Å². The highest BCUT2D eigenvalue weighted by Gasteiger charge is 2.33. The van der Waals surface area contributed by atoms with E-state index in [1.807, 2.05) is 27.7 Å². The Bertz CT molecular complexity index is 511. The molecule has 0 radical (unpaired) electrons. The smallest absolute Gasteiger partial charge is 0.231 e. The second kappa shape index (κ2) is 8.67. The van der Waals surface area contributed by atoms with Gasteiger partial charge in [0, 0.05) is 24.3 Å². The minimum atomic E-state index is -0.524. The Labute approximate surface area is 139 Å². The summed E-state index contributed by atoms with van der Waals surface area (Å²) in [5.74, 6) is 0.263. The van der Waals surface area contributed by atoms with Gasteiger partial charge in [-0.05, 0) is 43.0 Å². The van der Waals surface area contributed by atoms with Crippen LogP contribution in [0.25, 0.3) is 0 Å². The molecular weight excluding hydrogens is 290 g/mol. The number of carbonyl (C=O) groups excluding carboxylic acids is 2. The van der Waals surface area contributed by atoms with Crippen LogP contribution in [-0.4, -0.2) is 18.4 Å². The number of nitrogens with two attached hydrogens (primary N) is 1. The molecule has 0 saturated carbocycles. The molecule has 0 aliphatic carbocycles. The summed E-state index contributed by atoms with van der Waals surface area (Å²) in [4.78, 5) is 24.2. The molecule has 0 unspecified atom stereocenters. The van der Waals surface area contributed by atoms with Gasteiger partial charge in [0.05, 0.1) is 5.41 Å². The normalized spacial score (nSPS) is 11.4. The predicted molar refractivity (Wildman–Crippen MR) is 95.2 cm³/mol. The lowest BCUT2D eigenvalue weighted by atomic mass is 9.81. The van der Waals surface area contributed by atoms with Gasteiger partial charge in [-0.1, -0.05) is 27.7 Å². The lowest BCUT2D eigenvalue weighted by Crippen LogP contribution is -2.41. The molecule has 0 aromatic heterocycles. The van der Waals surface area contributed by atoms with Crippen molar-refractivity contribution in [2.45, 2.75) is 47.0 Å². The third-order valence-electron chi connectivity index (χ3n) is 4.25. The fourth-order valence-corrected chi connectivity index (χ4v) is 2.44. The van der Waals surface area contributed by atoms with E-state index < -0.39 is 5.41 Å². The minimum absolute atomic E-state index is 0.00380. The Morgan fingerprint density at radius 3 is 1.91 bits per heavy atom. The summed E-state index contributed by atoms with van der Waals surface area (Å²) in [6.45, 7) is 8.29. The van der Waals surface area contributed by atoms with Gasteiger partial charge in [-0.3, -0.25) is 9.59 Å². The van der Waals surface area contributed by atoms with Gasteiger partial charge in [-0.15, -0.1) is 0 Å². The summed E-state index contributed by atoms with van der Waals surface area (Å²) in [5, 5.41) is 5.76. The van der Waals surface area contributed by atoms with Crippen LogP contribution in [0.3, 0.4) is 0 Å². The number of hydrogen-bond donors (Lipinski definition) is 3. The number of benzene rings is 1. The van der Waals surface area contributed by atoms with Crippen molar-refractivity contribution in [2.24, 2.45) is 17.1 Å². The van der Waals surface area contributed by atoms with Crippen molar-refractivity contribution in [3.8, 4) is 0 Å². The van der Waals surface area contributed by atoms with Crippen LogP contribution in [0.1, 0.15) is 47.0 Å². The zero-order valence-corrected chi connectivity index (χ0v) is 14.6. The standard InChI is InChI=1S/C18H29N3O2/c1-5-18(6-2,12-19)17(23)21-15-9-7-14(8-10-15)20-16(22)11-13(3)4/h7-10,13H,5-6,11-12,19H2,1-4H3,(H,20,22)(H,21,23). The Morgan fingerprint density at radius 1 is 1.04 bits per heavy atom. The van der Waals surface area contributed by atoms with Gasteiger partial charge in [0.15, 0.2) is 0 Å². The third-order valence-corrected chi connectivity index (χ3v) is 4.25. The van der Waals surface area contributed by atoms with Gasteiger partial charge >= 0.3 is 0 Å². The molecule has 23 heavy (non-hydrogen) atoms. The topological polar surface area (TPSA) is 84.2 Å². The Balaban J connectivity index is 2.70. The zero-order chi connectivity index (χ0) is 17.5. The van der Waals surface area contributed by atoms with E-state index in [-0.39, 0.29) is 11.8 Å². The molecule has 128 valence electrons. The number of rotatable bonds is 8. The summed E-state index contributed by atoms with van der Waals surface area (Å²) in [5.41, 5.74) is 6.70. The quantitative estimate of drug-likeness (QED) is 0.687. The van der Waals surface area contributed by atoms with E-state index in [2.05, 4.69) is 10.6 Å². The Hall–Kier alpha value is -1.88. The highest BCUT2D eigenvalue weighted by Crippen LogP contribution is 2.27. The lowest BCUT2D eigenvalue weighted by Gasteiger charge is -2.28. The largest absolute Gasteiger partial charge is 0.329 e. The first kappa shape index (κ1) is 19.2. The molecule has 0 saturated heterocycles. The van der Waals surface area contributed by atoms with Crippen LogP contribution in [0.4, 0.5) is 11.4 Å². The maximum Gasteiger partial charge on any atom is 0.231 e. The Kier molecular flexibility index (Phi) is 7.23. The SMILES string of the molecule is CCC(CC)(CN)C(=O)Nc1ccc(NC(=O)CC(C)C)cc1. The van der Waals surface area contributed by atoms with E-state index in [9.17, 15) is 9.59 Å². The molecule has 0 aliphatic heterocycles. The first-order valence-corrected chi connectivity index (χ1v) is 8.28. The molecule has 4 N–H and O–H groups in total. The highest BCUT2D eigenvalue weighted by molar-refractivity contribution is 5.96. The molecule has 5 nitrogen and oxygen atoms in total. The third kappa shape index (κ3) is 5.36. The van der Waals surface area contributed by atoms with E-state index in [4.69, 9.17) is 5.73 Å². The summed E-state index contributed by atoms with van der Waals surface area (Å²) in [7, 11) is 0. The second-order valence-corrected chi connectivity index (χ2v) is 6.37. The summed E-state index contributed by atoms with van der Waals surface area (Å²) < 4.78 is 0. The maximum absolute atomic E-state index is 12.5. The molecule has 0 bridgehead atoms. The zero-order valence-electron chi connectivity index (χ0n) is 14.6. The first-order valence-electron chi connectivity index (χ1n) is 8.28. The maximum atomic E-state index is 12.5. The van der Waals surface area contributed by atoms with Crippen molar-refractivity contribution >= 4 is 23.2 Å². The van der Waals surface area contributed by atoms with Gasteiger partial charge in [0.2, 0.25) is 11.8 Å².